The third-order valence-electron chi connectivity index (χ3n) is 4.82. The predicted octanol–water partition coefficient (Wildman–Crippen LogP) is 2.13. The van der Waals surface area contributed by atoms with E-state index in [4.69, 9.17) is 4.74 Å². The number of nitrogens with one attached hydrogen (secondary N) is 2. The zero-order chi connectivity index (χ0) is 22.6. The number of ether oxygens (including phenoxy) is 1. The SMILES string of the molecule is COc1ccc(-n2cnnc2SCC(=O)NCc2ccc(S(=O)(=O)NC3CC3)cc2)cc1. The van der Waals surface area contributed by atoms with Crippen molar-refractivity contribution in [2.45, 2.75) is 35.5 Å². The van der Waals surface area contributed by atoms with Gasteiger partial charge in [-0.25, -0.2) is 13.1 Å². The Kier molecular flexibility index (Phi) is 6.77. The smallest absolute Gasteiger partial charge is 0.240 e. The first-order valence-corrected chi connectivity index (χ1v) is 12.5. The van der Waals surface area contributed by atoms with Gasteiger partial charge in [0.2, 0.25) is 15.9 Å². The second-order valence-corrected chi connectivity index (χ2v) is 9.94. The Bertz CT molecular complexity index is 1170. The van der Waals surface area contributed by atoms with E-state index in [0.29, 0.717) is 11.7 Å². The molecular weight excluding hydrogens is 450 g/mol. The Morgan fingerprint density at radius 2 is 1.88 bits per heavy atom. The molecule has 0 aliphatic heterocycles. The van der Waals surface area contributed by atoms with Gasteiger partial charge in [0.15, 0.2) is 5.16 Å². The number of hydrogen-bond acceptors (Lipinski definition) is 7. The maximum atomic E-state index is 12.3. The van der Waals surface area contributed by atoms with Crippen molar-refractivity contribution >= 4 is 27.7 Å². The fourth-order valence-corrected chi connectivity index (χ4v) is 4.96. The molecule has 0 spiro atoms. The molecular formula is C21H23N5O4S2. The lowest BCUT2D eigenvalue weighted by molar-refractivity contribution is -0.118. The molecule has 4 rings (SSSR count). The van der Waals surface area contributed by atoms with Crippen LogP contribution >= 0.6 is 11.8 Å². The van der Waals surface area contributed by atoms with Crippen molar-refractivity contribution in [1.29, 1.82) is 0 Å². The van der Waals surface area contributed by atoms with Crippen molar-refractivity contribution < 1.29 is 17.9 Å². The Labute approximate surface area is 190 Å². The minimum absolute atomic E-state index is 0.0620. The molecule has 1 saturated carbocycles. The Morgan fingerprint density at radius 1 is 1.16 bits per heavy atom. The lowest BCUT2D eigenvalue weighted by atomic mass is 10.2. The van der Waals surface area contributed by atoms with Crippen LogP contribution < -0.4 is 14.8 Å². The highest BCUT2D eigenvalue weighted by Gasteiger charge is 2.27. The summed E-state index contributed by atoms with van der Waals surface area (Å²) >= 11 is 1.28. The fourth-order valence-electron chi connectivity index (χ4n) is 2.90. The van der Waals surface area contributed by atoms with Crippen molar-refractivity contribution in [2.75, 3.05) is 12.9 Å². The van der Waals surface area contributed by atoms with Crippen molar-refractivity contribution in [3.63, 3.8) is 0 Å². The monoisotopic (exact) mass is 473 g/mol. The average Bonchev–Trinajstić information content (AvgIpc) is 3.48. The number of aromatic nitrogens is 3. The molecule has 0 radical (unpaired) electrons. The second-order valence-electron chi connectivity index (χ2n) is 7.29. The summed E-state index contributed by atoms with van der Waals surface area (Å²) in [6.07, 6.45) is 3.37. The number of sulfonamides is 1. The Morgan fingerprint density at radius 3 is 2.53 bits per heavy atom. The number of rotatable bonds is 10. The van der Waals surface area contributed by atoms with E-state index in [1.165, 1.54) is 11.8 Å². The van der Waals surface area contributed by atoms with Crippen LogP contribution in [0.3, 0.4) is 0 Å². The first-order valence-electron chi connectivity index (χ1n) is 10.00. The maximum Gasteiger partial charge on any atom is 0.240 e. The molecule has 11 heteroatoms. The first kappa shape index (κ1) is 22.3. The molecule has 0 bridgehead atoms. The standard InChI is InChI=1S/C21H23N5O4S2/c1-30-18-8-6-17(7-9-18)26-14-23-24-21(26)31-13-20(27)22-12-15-2-10-19(11-3-15)32(28,29)25-16-4-5-16/h2-3,6-11,14,16,25H,4-5,12-13H2,1H3,(H,22,27). The summed E-state index contributed by atoms with van der Waals surface area (Å²) in [4.78, 5) is 12.5. The molecule has 1 fully saturated rings. The van der Waals surface area contributed by atoms with E-state index in [9.17, 15) is 13.2 Å². The quantitative estimate of drug-likeness (QED) is 0.434. The van der Waals surface area contributed by atoms with Crippen LogP contribution in [0.15, 0.2) is 64.9 Å². The highest BCUT2D eigenvalue weighted by molar-refractivity contribution is 7.99. The van der Waals surface area contributed by atoms with Gasteiger partial charge in [-0.3, -0.25) is 9.36 Å². The summed E-state index contributed by atoms with van der Waals surface area (Å²) in [5, 5.41) is 11.5. The van der Waals surface area contributed by atoms with Crippen LogP contribution in [0.1, 0.15) is 18.4 Å². The van der Waals surface area contributed by atoms with Gasteiger partial charge in [-0.2, -0.15) is 0 Å². The van der Waals surface area contributed by atoms with Crippen molar-refractivity contribution in [2.24, 2.45) is 0 Å². The van der Waals surface area contributed by atoms with E-state index < -0.39 is 10.0 Å². The van der Waals surface area contributed by atoms with Crippen LogP contribution in [0.4, 0.5) is 0 Å². The van der Waals surface area contributed by atoms with E-state index in [2.05, 4.69) is 20.2 Å². The van der Waals surface area contributed by atoms with Gasteiger partial charge in [-0.1, -0.05) is 23.9 Å². The molecule has 2 N–H and O–H groups in total. The van der Waals surface area contributed by atoms with Crippen molar-refractivity contribution in [1.82, 2.24) is 24.8 Å². The maximum absolute atomic E-state index is 12.3. The number of benzene rings is 2. The molecule has 2 aromatic carbocycles. The van der Waals surface area contributed by atoms with Crippen LogP contribution in [-0.2, 0) is 21.4 Å². The molecule has 0 unspecified atom stereocenters. The minimum Gasteiger partial charge on any atom is -0.497 e. The van der Waals surface area contributed by atoms with Gasteiger partial charge >= 0.3 is 0 Å². The summed E-state index contributed by atoms with van der Waals surface area (Å²) in [6, 6.07) is 14.0. The van der Waals surface area contributed by atoms with E-state index in [-0.39, 0.29) is 22.6 Å². The largest absolute Gasteiger partial charge is 0.497 e. The fraction of sp³-hybridized carbons (Fsp3) is 0.286. The number of hydrogen-bond donors (Lipinski definition) is 2. The van der Waals surface area contributed by atoms with Crippen LogP contribution in [0, 0.1) is 0 Å². The van der Waals surface area contributed by atoms with Gasteiger partial charge in [0.1, 0.15) is 12.1 Å². The zero-order valence-corrected chi connectivity index (χ0v) is 19.0. The molecule has 1 aliphatic rings. The molecule has 32 heavy (non-hydrogen) atoms. The van der Waals surface area contributed by atoms with Gasteiger partial charge in [-0.15, -0.1) is 10.2 Å². The summed E-state index contributed by atoms with van der Waals surface area (Å²) in [7, 11) is -1.87. The molecule has 1 aromatic heterocycles. The number of methoxy groups -OCH3 is 1. The minimum atomic E-state index is -3.47. The third-order valence-corrected chi connectivity index (χ3v) is 7.30. The van der Waals surface area contributed by atoms with E-state index in [1.54, 1.807) is 42.3 Å². The summed E-state index contributed by atoms with van der Waals surface area (Å²) in [5.41, 5.74) is 1.68. The van der Waals surface area contributed by atoms with Crippen molar-refractivity contribution in [3.8, 4) is 11.4 Å². The topological polar surface area (TPSA) is 115 Å². The second kappa shape index (κ2) is 9.72. The van der Waals surface area contributed by atoms with Crippen molar-refractivity contribution in [3.05, 3.63) is 60.4 Å². The lowest BCUT2D eigenvalue weighted by Crippen LogP contribution is -2.26. The molecule has 3 aromatic rings. The molecule has 0 atom stereocenters. The Hall–Kier alpha value is -2.89. The number of amides is 1. The average molecular weight is 474 g/mol. The summed E-state index contributed by atoms with van der Waals surface area (Å²) < 4.78 is 34.0. The first-order chi connectivity index (χ1) is 15.4. The molecule has 9 nitrogen and oxygen atoms in total. The van der Waals surface area contributed by atoms with Crippen LogP contribution in [0.5, 0.6) is 5.75 Å². The van der Waals surface area contributed by atoms with Gasteiger partial charge in [0.05, 0.1) is 17.8 Å². The van der Waals surface area contributed by atoms with Crippen LogP contribution in [-0.4, -0.2) is 48.0 Å². The van der Waals surface area contributed by atoms with E-state index in [0.717, 1.165) is 29.8 Å². The van der Waals surface area contributed by atoms with Gasteiger partial charge < -0.3 is 10.1 Å². The van der Waals surface area contributed by atoms with Gasteiger partial charge in [0, 0.05) is 18.3 Å². The van der Waals surface area contributed by atoms with Crippen LogP contribution in [0.25, 0.3) is 5.69 Å². The lowest BCUT2D eigenvalue weighted by Gasteiger charge is -2.09. The predicted molar refractivity (Wildman–Crippen MR) is 120 cm³/mol. The van der Waals surface area contributed by atoms with E-state index in [1.807, 2.05) is 24.3 Å². The molecule has 0 saturated heterocycles. The molecule has 1 heterocycles. The van der Waals surface area contributed by atoms with Gasteiger partial charge in [0.25, 0.3) is 0 Å². The van der Waals surface area contributed by atoms with Crippen LogP contribution in [0.2, 0.25) is 0 Å². The third kappa shape index (κ3) is 5.67. The number of nitrogens with zero attached hydrogens (tertiary/aromatic N) is 3. The summed E-state index contributed by atoms with van der Waals surface area (Å²) in [6.45, 7) is 0.306. The van der Waals surface area contributed by atoms with Gasteiger partial charge in [-0.05, 0) is 54.8 Å². The summed E-state index contributed by atoms with van der Waals surface area (Å²) in [5.74, 6) is 0.763. The highest BCUT2D eigenvalue weighted by Crippen LogP contribution is 2.23. The number of thioether (sulfide) groups is 1. The van der Waals surface area contributed by atoms with E-state index >= 15 is 0 Å². The Balaban J connectivity index is 1.28. The highest BCUT2D eigenvalue weighted by atomic mass is 32.2. The molecule has 168 valence electrons. The zero-order valence-electron chi connectivity index (χ0n) is 17.4. The number of carbonyl (C=O) groups is 1. The normalized spacial score (nSPS) is 13.7. The molecule has 1 aliphatic carbocycles. The molecule has 1 amide bonds. The number of carbonyl (C=O) groups excluding carboxylic acids is 1.